The number of rotatable bonds is 2. The Bertz CT molecular complexity index is 596. The van der Waals surface area contributed by atoms with E-state index in [4.69, 9.17) is 0 Å². The van der Waals surface area contributed by atoms with Gasteiger partial charge in [0.15, 0.2) is 0 Å². The van der Waals surface area contributed by atoms with Gasteiger partial charge in [0.1, 0.15) is 5.82 Å². The van der Waals surface area contributed by atoms with E-state index < -0.39 is 5.60 Å². The van der Waals surface area contributed by atoms with E-state index in [0.29, 0.717) is 17.4 Å². The van der Waals surface area contributed by atoms with Crippen LogP contribution in [0.25, 0.3) is 10.9 Å². The number of nitrogens with zero attached hydrogens (tertiary/aromatic N) is 1. The Morgan fingerprint density at radius 2 is 2.12 bits per heavy atom. The van der Waals surface area contributed by atoms with Crippen LogP contribution in [0.4, 0.5) is 4.39 Å². The van der Waals surface area contributed by atoms with E-state index in [0.717, 1.165) is 24.1 Å². The molecule has 1 aromatic carbocycles. The fourth-order valence-corrected chi connectivity index (χ4v) is 2.37. The Morgan fingerprint density at radius 3 is 2.76 bits per heavy atom. The molecule has 1 saturated carbocycles. The van der Waals surface area contributed by atoms with Gasteiger partial charge in [-0.05, 0) is 37.5 Å². The van der Waals surface area contributed by atoms with Gasteiger partial charge in [-0.2, -0.15) is 0 Å². The summed E-state index contributed by atoms with van der Waals surface area (Å²) in [5.74, 6) is -0.175. The molecule has 3 heteroatoms. The molecule has 0 radical (unpaired) electrons. The highest BCUT2D eigenvalue weighted by Crippen LogP contribution is 2.39. The average Bonchev–Trinajstić information content (AvgIpc) is 2.93. The second-order valence-electron chi connectivity index (χ2n) is 5.22. The maximum absolute atomic E-state index is 14.3. The van der Waals surface area contributed by atoms with E-state index in [1.165, 1.54) is 0 Å². The summed E-state index contributed by atoms with van der Waals surface area (Å²) in [6.07, 6.45) is 2.01. The fourth-order valence-electron chi connectivity index (χ4n) is 2.37. The van der Waals surface area contributed by atoms with Gasteiger partial charge in [0.05, 0.1) is 11.1 Å². The van der Waals surface area contributed by atoms with Gasteiger partial charge in [-0.25, -0.2) is 4.39 Å². The third kappa shape index (κ3) is 1.65. The van der Waals surface area contributed by atoms with Crippen molar-refractivity contribution in [1.29, 1.82) is 0 Å². The van der Waals surface area contributed by atoms with Gasteiger partial charge in [-0.15, -0.1) is 0 Å². The highest BCUT2D eigenvalue weighted by Gasteiger charge is 2.40. The summed E-state index contributed by atoms with van der Waals surface area (Å²) in [4.78, 5) is 0. The quantitative estimate of drug-likeness (QED) is 0.847. The summed E-state index contributed by atoms with van der Waals surface area (Å²) in [6.45, 7) is 1.97. The van der Waals surface area contributed by atoms with Gasteiger partial charge in [-0.1, -0.05) is 6.07 Å². The maximum atomic E-state index is 14.3. The van der Waals surface area contributed by atoms with Gasteiger partial charge in [0.25, 0.3) is 0 Å². The molecule has 2 nitrogen and oxygen atoms in total. The highest BCUT2D eigenvalue weighted by atomic mass is 19.1. The van der Waals surface area contributed by atoms with Crippen LogP contribution in [0.1, 0.15) is 24.1 Å². The second-order valence-corrected chi connectivity index (χ2v) is 5.22. The van der Waals surface area contributed by atoms with Crippen molar-refractivity contribution >= 4 is 10.9 Å². The summed E-state index contributed by atoms with van der Waals surface area (Å²) >= 11 is 0. The molecule has 3 rings (SSSR count). The number of aromatic nitrogens is 1. The third-order valence-electron chi connectivity index (χ3n) is 3.83. The van der Waals surface area contributed by atoms with Crippen LogP contribution in [0.3, 0.4) is 0 Å². The number of halogens is 1. The highest BCUT2D eigenvalue weighted by molar-refractivity contribution is 5.82. The van der Waals surface area contributed by atoms with Crippen molar-refractivity contribution in [3.05, 3.63) is 35.3 Å². The number of hydrogen-bond donors (Lipinski definition) is 1. The first-order valence-electron chi connectivity index (χ1n) is 5.96. The lowest BCUT2D eigenvalue weighted by Gasteiger charge is -2.09. The first-order chi connectivity index (χ1) is 8.00. The first-order valence-corrected chi connectivity index (χ1v) is 5.96. The molecule has 0 saturated heterocycles. The Hall–Kier alpha value is -1.35. The molecule has 1 fully saturated rings. The molecule has 2 aromatic rings. The number of fused-ring (bicyclic) bond motifs is 1. The van der Waals surface area contributed by atoms with E-state index in [1.807, 2.05) is 30.7 Å². The van der Waals surface area contributed by atoms with Crippen LogP contribution in [-0.4, -0.2) is 15.3 Å². The van der Waals surface area contributed by atoms with Crippen LogP contribution in [-0.2, 0) is 13.5 Å². The van der Waals surface area contributed by atoms with Crippen molar-refractivity contribution < 1.29 is 9.50 Å². The number of benzene rings is 1. The van der Waals surface area contributed by atoms with E-state index in [-0.39, 0.29) is 5.82 Å². The fraction of sp³-hybridized carbons (Fsp3) is 0.429. The molecule has 90 valence electrons. The number of aliphatic hydroxyl groups is 1. The smallest absolute Gasteiger partial charge is 0.135 e. The Labute approximate surface area is 99.7 Å². The van der Waals surface area contributed by atoms with Crippen molar-refractivity contribution in [2.45, 2.75) is 31.8 Å². The van der Waals surface area contributed by atoms with E-state index >= 15 is 0 Å². The summed E-state index contributed by atoms with van der Waals surface area (Å²) in [7, 11) is 1.94. The molecule has 1 aliphatic rings. The van der Waals surface area contributed by atoms with Crippen LogP contribution in [0.5, 0.6) is 0 Å². The zero-order valence-electron chi connectivity index (χ0n) is 10.1. The summed E-state index contributed by atoms with van der Waals surface area (Å²) in [6, 6.07) is 5.60. The average molecular weight is 233 g/mol. The van der Waals surface area contributed by atoms with Crippen LogP contribution >= 0.6 is 0 Å². The molecule has 0 atom stereocenters. The van der Waals surface area contributed by atoms with Crippen molar-refractivity contribution in [2.75, 3.05) is 0 Å². The molecule has 0 amide bonds. The van der Waals surface area contributed by atoms with Crippen molar-refractivity contribution in [3.63, 3.8) is 0 Å². The molecule has 0 aliphatic heterocycles. The van der Waals surface area contributed by atoms with Gasteiger partial charge in [0, 0.05) is 24.5 Å². The van der Waals surface area contributed by atoms with Crippen molar-refractivity contribution in [1.82, 2.24) is 4.57 Å². The lowest BCUT2D eigenvalue weighted by Crippen LogP contribution is -2.12. The van der Waals surface area contributed by atoms with E-state index in [9.17, 15) is 9.50 Å². The second kappa shape index (κ2) is 3.33. The lowest BCUT2D eigenvalue weighted by molar-refractivity contribution is 0.150. The monoisotopic (exact) mass is 233 g/mol. The molecule has 0 bridgehead atoms. The summed E-state index contributed by atoms with van der Waals surface area (Å²) in [5, 5.41) is 10.5. The molecule has 0 unspecified atom stereocenters. The Balaban J connectivity index is 2.12. The lowest BCUT2D eigenvalue weighted by atomic mass is 10.0. The van der Waals surface area contributed by atoms with Crippen LogP contribution < -0.4 is 0 Å². The third-order valence-corrected chi connectivity index (χ3v) is 3.83. The Morgan fingerprint density at radius 1 is 1.41 bits per heavy atom. The van der Waals surface area contributed by atoms with Crippen LogP contribution in [0, 0.1) is 12.7 Å². The van der Waals surface area contributed by atoms with Crippen molar-refractivity contribution in [3.8, 4) is 0 Å². The SMILES string of the molecule is Cc1cc2c(F)c(CC3(O)CC3)ccc2n1C. The molecule has 17 heavy (non-hydrogen) atoms. The van der Waals surface area contributed by atoms with Gasteiger partial charge in [-0.3, -0.25) is 0 Å². The zero-order chi connectivity index (χ0) is 12.2. The summed E-state index contributed by atoms with van der Waals surface area (Å²) in [5.41, 5.74) is 1.94. The predicted octanol–water partition coefficient (Wildman–Crippen LogP) is 2.69. The minimum Gasteiger partial charge on any atom is -0.390 e. The van der Waals surface area contributed by atoms with Gasteiger partial charge >= 0.3 is 0 Å². The molecular formula is C14H16FNO. The first kappa shape index (κ1) is 10.8. The maximum Gasteiger partial charge on any atom is 0.135 e. The molecule has 1 heterocycles. The van der Waals surface area contributed by atoms with E-state index in [2.05, 4.69) is 0 Å². The summed E-state index contributed by atoms with van der Waals surface area (Å²) < 4.78 is 16.3. The molecule has 1 aromatic heterocycles. The molecule has 1 N–H and O–H groups in total. The number of hydrogen-bond acceptors (Lipinski definition) is 1. The zero-order valence-corrected chi connectivity index (χ0v) is 10.1. The minimum absolute atomic E-state index is 0.175. The standard InChI is InChI=1S/C14H16FNO/c1-9-7-11-12(16(9)2)4-3-10(13(11)15)8-14(17)5-6-14/h3-4,7,17H,5-6,8H2,1-2H3. The normalized spacial score (nSPS) is 17.6. The van der Waals surface area contributed by atoms with Gasteiger partial charge in [0.2, 0.25) is 0 Å². The van der Waals surface area contributed by atoms with Crippen LogP contribution in [0.15, 0.2) is 18.2 Å². The molecule has 1 aliphatic carbocycles. The predicted molar refractivity (Wildman–Crippen MR) is 65.5 cm³/mol. The molecular weight excluding hydrogens is 217 g/mol. The van der Waals surface area contributed by atoms with Crippen LogP contribution in [0.2, 0.25) is 0 Å². The van der Waals surface area contributed by atoms with E-state index in [1.54, 1.807) is 6.07 Å². The van der Waals surface area contributed by atoms with Crippen molar-refractivity contribution in [2.24, 2.45) is 7.05 Å². The Kier molecular flexibility index (Phi) is 2.11. The minimum atomic E-state index is -0.641. The number of aryl methyl sites for hydroxylation is 2. The largest absolute Gasteiger partial charge is 0.390 e. The molecule has 0 spiro atoms. The topological polar surface area (TPSA) is 25.2 Å². The van der Waals surface area contributed by atoms with Gasteiger partial charge < -0.3 is 9.67 Å².